The van der Waals surface area contributed by atoms with Crippen LogP contribution in [-0.2, 0) is 12.8 Å². The first kappa shape index (κ1) is 11.5. The van der Waals surface area contributed by atoms with Crippen LogP contribution < -0.4 is 4.74 Å². The zero-order valence-electron chi connectivity index (χ0n) is 9.25. The van der Waals surface area contributed by atoms with Crippen LogP contribution in [0.1, 0.15) is 28.4 Å². The van der Waals surface area contributed by atoms with Crippen LogP contribution in [0.2, 0.25) is 0 Å². The van der Waals surface area contributed by atoms with Crippen LogP contribution >= 0.6 is 0 Å². The first-order chi connectivity index (χ1) is 7.26. The van der Waals surface area contributed by atoms with Crippen LogP contribution in [-0.4, -0.2) is 13.4 Å². The van der Waals surface area contributed by atoms with Crippen LogP contribution in [0.25, 0.3) is 0 Å². The number of benzene rings is 1. The molecule has 2 heteroatoms. The zero-order valence-corrected chi connectivity index (χ0v) is 9.25. The molecule has 0 N–H and O–H groups in total. The number of methoxy groups -OCH3 is 1. The van der Waals surface area contributed by atoms with Crippen molar-refractivity contribution in [2.75, 3.05) is 7.11 Å². The number of allylic oxidation sites excluding steroid dienone is 1. The summed E-state index contributed by atoms with van der Waals surface area (Å²) in [6.45, 7) is 5.76. The molecule has 0 aliphatic heterocycles. The maximum absolute atomic E-state index is 10.9. The van der Waals surface area contributed by atoms with Crippen molar-refractivity contribution in [3.05, 3.63) is 41.5 Å². The molecule has 0 fully saturated rings. The molecule has 0 unspecified atom stereocenters. The van der Waals surface area contributed by atoms with Gasteiger partial charge in [-0.05, 0) is 30.0 Å². The highest BCUT2D eigenvalue weighted by Crippen LogP contribution is 2.25. The summed E-state index contributed by atoms with van der Waals surface area (Å²) in [6.07, 6.45) is 4.28. The smallest absolute Gasteiger partial charge is 0.153 e. The summed E-state index contributed by atoms with van der Waals surface area (Å²) in [4.78, 5) is 10.9. The van der Waals surface area contributed by atoms with Crippen LogP contribution in [0, 0.1) is 0 Å². The normalized spacial score (nSPS) is 9.73. The number of hydrogen-bond acceptors (Lipinski definition) is 2. The van der Waals surface area contributed by atoms with E-state index < -0.39 is 0 Å². The number of rotatable bonds is 5. The van der Waals surface area contributed by atoms with Gasteiger partial charge in [0.1, 0.15) is 5.75 Å². The van der Waals surface area contributed by atoms with E-state index in [1.54, 1.807) is 7.11 Å². The molecule has 0 spiro atoms. The van der Waals surface area contributed by atoms with Crippen molar-refractivity contribution in [2.24, 2.45) is 0 Å². The molecule has 0 aliphatic rings. The molecule has 80 valence electrons. The van der Waals surface area contributed by atoms with Crippen molar-refractivity contribution in [3.8, 4) is 5.75 Å². The number of aryl methyl sites for hydroxylation is 1. The molecular formula is C13H16O2. The summed E-state index contributed by atoms with van der Waals surface area (Å²) in [6, 6.07) is 3.94. The van der Waals surface area contributed by atoms with Crippen molar-refractivity contribution in [2.45, 2.75) is 19.8 Å². The van der Waals surface area contributed by atoms with Crippen molar-refractivity contribution in [1.82, 2.24) is 0 Å². The Morgan fingerprint density at radius 2 is 2.20 bits per heavy atom. The van der Waals surface area contributed by atoms with Crippen LogP contribution in [0.3, 0.4) is 0 Å². The Bertz CT molecular complexity index is 367. The van der Waals surface area contributed by atoms with Gasteiger partial charge < -0.3 is 4.74 Å². The fourth-order valence-electron chi connectivity index (χ4n) is 1.63. The third kappa shape index (κ3) is 2.46. The number of hydrogen-bond donors (Lipinski definition) is 0. The minimum absolute atomic E-state index is 0.619. The molecule has 1 aromatic rings. The van der Waals surface area contributed by atoms with E-state index in [1.165, 1.54) is 0 Å². The van der Waals surface area contributed by atoms with E-state index in [9.17, 15) is 4.79 Å². The Morgan fingerprint density at radius 3 is 2.67 bits per heavy atom. The monoisotopic (exact) mass is 204 g/mol. The lowest BCUT2D eigenvalue weighted by Gasteiger charge is -2.11. The van der Waals surface area contributed by atoms with Gasteiger partial charge in [0.15, 0.2) is 6.29 Å². The Balaban J connectivity index is 3.31. The lowest BCUT2D eigenvalue weighted by atomic mass is 10.0. The highest BCUT2D eigenvalue weighted by molar-refractivity contribution is 5.80. The highest BCUT2D eigenvalue weighted by Gasteiger charge is 2.09. The molecule has 0 radical (unpaired) electrons. The van der Waals surface area contributed by atoms with Crippen LogP contribution in [0.5, 0.6) is 5.75 Å². The SMILES string of the molecule is C=CCc1cc(CC)cc(C=O)c1OC. The Hall–Kier alpha value is -1.57. The third-order valence-electron chi connectivity index (χ3n) is 2.36. The molecule has 0 heterocycles. The number of carbonyl (C=O) groups excluding carboxylic acids is 1. The van der Waals surface area contributed by atoms with E-state index >= 15 is 0 Å². The van der Waals surface area contributed by atoms with E-state index in [2.05, 4.69) is 19.6 Å². The van der Waals surface area contributed by atoms with Gasteiger partial charge in [0.05, 0.1) is 12.7 Å². The van der Waals surface area contributed by atoms with Gasteiger partial charge in [0.25, 0.3) is 0 Å². The first-order valence-electron chi connectivity index (χ1n) is 5.02. The molecule has 0 amide bonds. The average Bonchev–Trinajstić information content (AvgIpc) is 2.28. The molecule has 2 nitrogen and oxygen atoms in total. The minimum Gasteiger partial charge on any atom is -0.496 e. The van der Waals surface area contributed by atoms with Gasteiger partial charge >= 0.3 is 0 Å². The number of ether oxygens (including phenoxy) is 1. The van der Waals surface area contributed by atoms with Crippen LogP contribution in [0.4, 0.5) is 0 Å². The summed E-state index contributed by atoms with van der Waals surface area (Å²) in [5.74, 6) is 0.669. The van der Waals surface area contributed by atoms with E-state index in [1.807, 2.05) is 12.1 Å². The van der Waals surface area contributed by atoms with Crippen molar-refractivity contribution in [1.29, 1.82) is 0 Å². The summed E-state index contributed by atoms with van der Waals surface area (Å²) >= 11 is 0. The van der Waals surface area contributed by atoms with E-state index in [0.717, 1.165) is 30.3 Å². The van der Waals surface area contributed by atoms with E-state index in [0.29, 0.717) is 11.3 Å². The number of aldehydes is 1. The number of carbonyl (C=O) groups is 1. The van der Waals surface area contributed by atoms with Crippen molar-refractivity contribution >= 4 is 6.29 Å². The molecule has 0 aromatic heterocycles. The third-order valence-corrected chi connectivity index (χ3v) is 2.36. The maximum atomic E-state index is 10.9. The van der Waals surface area contributed by atoms with Gasteiger partial charge in [-0.25, -0.2) is 0 Å². The van der Waals surface area contributed by atoms with Gasteiger partial charge in [-0.1, -0.05) is 19.1 Å². The Kier molecular flexibility index (Phi) is 4.10. The Labute approximate surface area is 90.6 Å². The molecule has 0 saturated carbocycles. The molecule has 0 aliphatic carbocycles. The summed E-state index contributed by atoms with van der Waals surface area (Å²) in [7, 11) is 1.58. The fraction of sp³-hybridized carbons (Fsp3) is 0.308. The predicted molar refractivity (Wildman–Crippen MR) is 61.7 cm³/mol. The van der Waals surface area contributed by atoms with Gasteiger partial charge in [0.2, 0.25) is 0 Å². The highest BCUT2D eigenvalue weighted by atomic mass is 16.5. The minimum atomic E-state index is 0.619. The molecule has 0 atom stereocenters. The average molecular weight is 204 g/mol. The summed E-state index contributed by atoms with van der Waals surface area (Å²) in [5.41, 5.74) is 2.79. The molecule has 1 rings (SSSR count). The fourth-order valence-corrected chi connectivity index (χ4v) is 1.63. The van der Waals surface area contributed by atoms with Crippen LogP contribution in [0.15, 0.2) is 24.8 Å². The van der Waals surface area contributed by atoms with Gasteiger partial charge in [-0.15, -0.1) is 6.58 Å². The molecule has 0 saturated heterocycles. The predicted octanol–water partition coefficient (Wildman–Crippen LogP) is 2.80. The second-order valence-electron chi connectivity index (χ2n) is 3.34. The summed E-state index contributed by atoms with van der Waals surface area (Å²) < 4.78 is 5.24. The topological polar surface area (TPSA) is 26.3 Å². The molecule has 0 bridgehead atoms. The zero-order chi connectivity index (χ0) is 11.3. The van der Waals surface area contributed by atoms with Gasteiger partial charge in [-0.3, -0.25) is 4.79 Å². The second-order valence-corrected chi connectivity index (χ2v) is 3.34. The first-order valence-corrected chi connectivity index (χ1v) is 5.02. The lowest BCUT2D eigenvalue weighted by Crippen LogP contribution is -1.98. The lowest BCUT2D eigenvalue weighted by molar-refractivity contribution is 0.112. The van der Waals surface area contributed by atoms with Crippen molar-refractivity contribution in [3.63, 3.8) is 0 Å². The Morgan fingerprint density at radius 1 is 1.47 bits per heavy atom. The van der Waals surface area contributed by atoms with Gasteiger partial charge in [0, 0.05) is 0 Å². The van der Waals surface area contributed by atoms with Crippen molar-refractivity contribution < 1.29 is 9.53 Å². The van der Waals surface area contributed by atoms with E-state index in [-0.39, 0.29) is 0 Å². The second kappa shape index (κ2) is 5.35. The molecule has 15 heavy (non-hydrogen) atoms. The largest absolute Gasteiger partial charge is 0.496 e. The summed E-state index contributed by atoms with van der Waals surface area (Å²) in [5, 5.41) is 0. The molecule has 1 aromatic carbocycles. The quantitative estimate of drug-likeness (QED) is 0.544. The van der Waals surface area contributed by atoms with Gasteiger partial charge in [-0.2, -0.15) is 0 Å². The van der Waals surface area contributed by atoms with E-state index in [4.69, 9.17) is 4.74 Å². The maximum Gasteiger partial charge on any atom is 0.153 e. The molecular weight excluding hydrogens is 188 g/mol. The standard InChI is InChI=1S/C13H16O2/c1-4-6-11-7-10(5-2)8-12(9-14)13(11)15-3/h4,7-9H,1,5-6H2,2-3H3.